The highest BCUT2D eigenvalue weighted by Crippen LogP contribution is 2.35. The quantitative estimate of drug-likeness (QED) is 0.589. The van der Waals surface area contributed by atoms with Crippen LogP contribution in [0.15, 0.2) is 54.7 Å². The van der Waals surface area contributed by atoms with E-state index in [9.17, 15) is 13.6 Å². The fourth-order valence-electron chi connectivity index (χ4n) is 3.95. The Morgan fingerprint density at radius 3 is 2.81 bits per heavy atom. The van der Waals surface area contributed by atoms with E-state index in [4.69, 9.17) is 5.11 Å². The Bertz CT molecular complexity index is 1140. The fraction of sp³-hybridized carbons (Fsp3) is 0.280. The molecule has 0 radical (unpaired) electrons. The topological polar surface area (TPSA) is 65.5 Å². The molecule has 0 unspecified atom stereocenters. The molecular formula is C25H25F2N3O2. The van der Waals surface area contributed by atoms with E-state index in [0.29, 0.717) is 30.5 Å². The summed E-state index contributed by atoms with van der Waals surface area (Å²) < 4.78 is 27.2. The zero-order valence-electron chi connectivity index (χ0n) is 17.8. The predicted molar refractivity (Wildman–Crippen MR) is 120 cm³/mol. The number of carbonyl (C=O) groups excluding carboxylic acids is 1. The number of alkyl halides is 1. The van der Waals surface area contributed by atoms with Crippen LogP contribution >= 0.6 is 0 Å². The van der Waals surface area contributed by atoms with Gasteiger partial charge in [-0.05, 0) is 72.4 Å². The summed E-state index contributed by atoms with van der Waals surface area (Å²) in [6.45, 7) is 1.55. The van der Waals surface area contributed by atoms with Gasteiger partial charge in [-0.3, -0.25) is 4.79 Å². The van der Waals surface area contributed by atoms with Crippen molar-refractivity contribution >= 4 is 17.4 Å². The van der Waals surface area contributed by atoms with E-state index in [2.05, 4.69) is 15.2 Å². The first-order chi connectivity index (χ1) is 15.5. The number of carbonyl (C=O) groups is 1. The van der Waals surface area contributed by atoms with Gasteiger partial charge in [0.2, 0.25) is 0 Å². The van der Waals surface area contributed by atoms with Crippen LogP contribution in [-0.2, 0) is 12.8 Å². The molecule has 0 saturated carbocycles. The van der Waals surface area contributed by atoms with Gasteiger partial charge in [0, 0.05) is 24.0 Å². The summed E-state index contributed by atoms with van der Waals surface area (Å²) in [5.74, 6) is 0.188. The van der Waals surface area contributed by atoms with Gasteiger partial charge in [-0.25, -0.2) is 13.8 Å². The number of anilines is 2. The normalized spacial score (nSPS) is 13.7. The molecule has 2 heterocycles. The summed E-state index contributed by atoms with van der Waals surface area (Å²) >= 11 is 0. The van der Waals surface area contributed by atoms with Gasteiger partial charge in [0.25, 0.3) is 5.91 Å². The van der Waals surface area contributed by atoms with Crippen molar-refractivity contribution in [2.24, 2.45) is 0 Å². The van der Waals surface area contributed by atoms with Gasteiger partial charge in [-0.1, -0.05) is 18.2 Å². The number of pyridine rings is 1. The van der Waals surface area contributed by atoms with Crippen LogP contribution < -0.4 is 10.2 Å². The number of nitrogens with one attached hydrogen (secondary N) is 1. The highest BCUT2D eigenvalue weighted by molar-refractivity contribution is 5.98. The minimum atomic E-state index is -1.49. The summed E-state index contributed by atoms with van der Waals surface area (Å²) in [6.07, 6.45) is 1.50. The molecule has 5 nitrogen and oxygen atoms in total. The maximum atomic E-state index is 13.9. The number of benzene rings is 2. The molecule has 0 fully saturated rings. The minimum absolute atomic E-state index is 0.214. The lowest BCUT2D eigenvalue weighted by Crippen LogP contribution is -2.32. The van der Waals surface area contributed by atoms with Crippen LogP contribution in [0.2, 0.25) is 0 Å². The van der Waals surface area contributed by atoms with Gasteiger partial charge in [0.05, 0.1) is 13.2 Å². The molecule has 2 N–H and O–H groups in total. The molecule has 166 valence electrons. The van der Waals surface area contributed by atoms with Crippen LogP contribution in [0, 0.1) is 12.7 Å². The van der Waals surface area contributed by atoms with E-state index in [0.717, 1.165) is 28.2 Å². The summed E-state index contributed by atoms with van der Waals surface area (Å²) in [4.78, 5) is 19.1. The van der Waals surface area contributed by atoms with Crippen LogP contribution in [0.1, 0.15) is 32.6 Å². The Balaban J connectivity index is 1.55. The second-order valence-electron chi connectivity index (χ2n) is 7.98. The molecule has 2 aromatic carbocycles. The van der Waals surface area contributed by atoms with Crippen molar-refractivity contribution in [2.45, 2.75) is 25.9 Å². The average molecular weight is 437 g/mol. The number of aromatic nitrogens is 1. The molecular weight excluding hydrogens is 412 g/mol. The monoisotopic (exact) mass is 437 g/mol. The molecule has 3 aromatic rings. The third-order valence-corrected chi connectivity index (χ3v) is 5.69. The van der Waals surface area contributed by atoms with Crippen LogP contribution in [0.25, 0.3) is 0 Å². The van der Waals surface area contributed by atoms with E-state index in [1.165, 1.54) is 0 Å². The molecule has 0 aliphatic carbocycles. The number of amides is 1. The zero-order valence-corrected chi connectivity index (χ0v) is 17.8. The Hall–Kier alpha value is -3.32. The summed E-state index contributed by atoms with van der Waals surface area (Å²) in [6, 6.07) is 14.6. The standard InChI is InChI=1S/C25H25F2N3O2/c1-16-5-6-17(12-22(16)27)11-18-7-9-28-24(13-18)30-10-8-20-21(3-2-4-23(20)30)25(32)29-14-19(26)15-31/h2-7,9,12-13,19,31H,8,10-11,14-15H2,1H3,(H,29,32)/t19-/m1/s1. The van der Waals surface area contributed by atoms with Gasteiger partial charge in [0.1, 0.15) is 17.8 Å². The van der Waals surface area contributed by atoms with Crippen LogP contribution in [0.4, 0.5) is 20.3 Å². The van der Waals surface area contributed by atoms with Gasteiger partial charge in [0.15, 0.2) is 0 Å². The molecule has 1 amide bonds. The maximum Gasteiger partial charge on any atom is 0.251 e. The third kappa shape index (κ3) is 4.62. The SMILES string of the molecule is Cc1ccc(Cc2ccnc(N3CCc4c(C(=O)NC[C@@H](F)CO)cccc43)c2)cc1F. The fourth-order valence-corrected chi connectivity index (χ4v) is 3.95. The largest absolute Gasteiger partial charge is 0.393 e. The summed E-state index contributed by atoms with van der Waals surface area (Å²) in [5.41, 5.74) is 4.80. The molecule has 1 atom stereocenters. The molecule has 0 bridgehead atoms. The highest BCUT2D eigenvalue weighted by atomic mass is 19.1. The zero-order chi connectivity index (χ0) is 22.7. The number of fused-ring (bicyclic) bond motifs is 1. The Morgan fingerprint density at radius 1 is 1.22 bits per heavy atom. The van der Waals surface area contributed by atoms with Gasteiger partial charge in [-0.2, -0.15) is 0 Å². The van der Waals surface area contributed by atoms with Crippen molar-refractivity contribution in [3.63, 3.8) is 0 Å². The van der Waals surface area contributed by atoms with E-state index in [1.807, 2.05) is 24.3 Å². The van der Waals surface area contributed by atoms with Crippen molar-refractivity contribution in [1.29, 1.82) is 0 Å². The summed E-state index contributed by atoms with van der Waals surface area (Å²) in [5, 5.41) is 11.4. The lowest BCUT2D eigenvalue weighted by Gasteiger charge is -2.19. The second kappa shape index (κ2) is 9.44. The smallest absolute Gasteiger partial charge is 0.251 e. The number of aliphatic hydroxyl groups excluding tert-OH is 1. The number of halogens is 2. The van der Waals surface area contributed by atoms with Gasteiger partial charge in [-0.15, -0.1) is 0 Å². The highest BCUT2D eigenvalue weighted by Gasteiger charge is 2.26. The Labute approximate surface area is 185 Å². The molecule has 1 aliphatic rings. The van der Waals surface area contributed by atoms with Crippen molar-refractivity contribution in [1.82, 2.24) is 10.3 Å². The lowest BCUT2D eigenvalue weighted by molar-refractivity contribution is 0.0927. The van der Waals surface area contributed by atoms with E-state index >= 15 is 0 Å². The number of hydrogen-bond donors (Lipinski definition) is 2. The molecule has 0 spiro atoms. The van der Waals surface area contributed by atoms with Crippen molar-refractivity contribution in [3.8, 4) is 0 Å². The molecule has 1 aliphatic heterocycles. The molecule has 1 aromatic heterocycles. The minimum Gasteiger partial charge on any atom is -0.393 e. The average Bonchev–Trinajstić information content (AvgIpc) is 3.24. The van der Waals surface area contributed by atoms with Crippen LogP contribution in [-0.4, -0.2) is 41.9 Å². The molecule has 4 rings (SSSR count). The Kier molecular flexibility index (Phi) is 6.46. The van der Waals surface area contributed by atoms with E-state index in [-0.39, 0.29) is 18.3 Å². The molecule has 7 heteroatoms. The number of aliphatic hydroxyl groups is 1. The number of hydrogen-bond acceptors (Lipinski definition) is 4. The second-order valence-corrected chi connectivity index (χ2v) is 7.98. The number of rotatable bonds is 7. The first-order valence-corrected chi connectivity index (χ1v) is 10.6. The lowest BCUT2D eigenvalue weighted by atomic mass is 10.0. The third-order valence-electron chi connectivity index (χ3n) is 5.69. The Morgan fingerprint density at radius 2 is 2.03 bits per heavy atom. The first kappa shape index (κ1) is 21.9. The maximum absolute atomic E-state index is 13.9. The van der Waals surface area contributed by atoms with Crippen molar-refractivity contribution < 1.29 is 18.7 Å². The van der Waals surface area contributed by atoms with E-state index in [1.54, 1.807) is 37.4 Å². The summed E-state index contributed by atoms with van der Waals surface area (Å²) in [7, 11) is 0. The van der Waals surface area contributed by atoms with Gasteiger partial charge >= 0.3 is 0 Å². The first-order valence-electron chi connectivity index (χ1n) is 10.6. The van der Waals surface area contributed by atoms with Crippen molar-refractivity contribution in [2.75, 3.05) is 24.6 Å². The van der Waals surface area contributed by atoms with E-state index < -0.39 is 12.8 Å². The van der Waals surface area contributed by atoms with Crippen LogP contribution in [0.3, 0.4) is 0 Å². The molecule has 0 saturated heterocycles. The predicted octanol–water partition coefficient (Wildman–Crippen LogP) is 3.87. The molecule has 32 heavy (non-hydrogen) atoms. The van der Waals surface area contributed by atoms with Gasteiger partial charge < -0.3 is 15.3 Å². The van der Waals surface area contributed by atoms with Crippen molar-refractivity contribution in [3.05, 3.63) is 88.4 Å². The number of aryl methyl sites for hydroxylation is 1. The number of nitrogens with zero attached hydrogens (tertiary/aromatic N) is 2. The van der Waals surface area contributed by atoms with Crippen LogP contribution in [0.5, 0.6) is 0 Å².